The van der Waals surface area contributed by atoms with Crippen LogP contribution in [0.2, 0.25) is 0 Å². The summed E-state index contributed by atoms with van der Waals surface area (Å²) >= 11 is 0. The Hall–Kier alpha value is -0.736. The normalized spacial score (nSPS) is 9.69. The van der Waals surface area contributed by atoms with Crippen molar-refractivity contribution in [2.45, 2.75) is 19.8 Å². The first-order chi connectivity index (χ1) is 6.95. The molecule has 0 saturated heterocycles. The summed E-state index contributed by atoms with van der Waals surface area (Å²) in [4.78, 5) is 21.7. The van der Waals surface area contributed by atoms with Crippen LogP contribution in [0, 0.1) is 19.9 Å². The molecule has 1 radical (unpaired) electrons. The molecule has 16 heavy (non-hydrogen) atoms. The number of hydrogen-bond acceptors (Lipinski definition) is 2. The molecular formula is C11H11O4Y-. The Labute approximate surface area is 119 Å². The molecule has 1 aromatic rings. The van der Waals surface area contributed by atoms with Gasteiger partial charge in [0.2, 0.25) is 0 Å². The monoisotopic (exact) mass is 296 g/mol. The zero-order valence-electron chi connectivity index (χ0n) is 9.02. The molecule has 0 heterocycles. The first-order valence-electron chi connectivity index (χ1n) is 4.38. The third-order valence-corrected chi connectivity index (χ3v) is 2.23. The number of carboxylic acid groups (broad SMARTS) is 2. The van der Waals surface area contributed by atoms with Gasteiger partial charge >= 0.3 is 11.9 Å². The average molecular weight is 296 g/mol. The maximum absolute atomic E-state index is 10.9. The number of carbonyl (C=O) groups is 2. The quantitative estimate of drug-likeness (QED) is 0.652. The van der Waals surface area contributed by atoms with Crippen LogP contribution in [0.3, 0.4) is 0 Å². The largest absolute Gasteiger partial charge is 0.480 e. The summed E-state index contributed by atoms with van der Waals surface area (Å²) < 4.78 is 0. The van der Waals surface area contributed by atoms with Gasteiger partial charge in [-0.15, -0.1) is 5.56 Å². The smallest absolute Gasteiger partial charge is 0.320 e. The second-order valence-corrected chi connectivity index (χ2v) is 3.34. The molecule has 4 nitrogen and oxygen atoms in total. The van der Waals surface area contributed by atoms with Crippen molar-refractivity contribution in [2.75, 3.05) is 0 Å². The maximum Gasteiger partial charge on any atom is 0.320 e. The summed E-state index contributed by atoms with van der Waals surface area (Å²) in [6.45, 7) is 3.36. The van der Waals surface area contributed by atoms with Crippen LogP contribution in [0.1, 0.15) is 22.6 Å². The summed E-state index contributed by atoms with van der Waals surface area (Å²) in [5.74, 6) is -4.20. The zero-order chi connectivity index (χ0) is 11.6. The van der Waals surface area contributed by atoms with E-state index in [9.17, 15) is 9.59 Å². The Morgan fingerprint density at radius 3 is 1.81 bits per heavy atom. The molecule has 0 unspecified atom stereocenters. The Bertz CT molecular complexity index is 380. The Morgan fingerprint density at radius 2 is 1.50 bits per heavy atom. The molecular weight excluding hydrogens is 285 g/mol. The van der Waals surface area contributed by atoms with E-state index >= 15 is 0 Å². The van der Waals surface area contributed by atoms with Gasteiger partial charge in [0.1, 0.15) is 0 Å². The minimum Gasteiger partial charge on any atom is -0.480 e. The second kappa shape index (κ2) is 6.11. The van der Waals surface area contributed by atoms with Crippen molar-refractivity contribution in [1.82, 2.24) is 0 Å². The summed E-state index contributed by atoms with van der Waals surface area (Å²) in [5.41, 5.74) is 1.60. The third kappa shape index (κ3) is 3.13. The number of aliphatic carboxylic acids is 2. The molecule has 2 N–H and O–H groups in total. The SMILES string of the molecule is Cc1c[c-]cc(C)c1C(C(=O)O)C(=O)O.[Y]. The fourth-order valence-electron chi connectivity index (χ4n) is 1.57. The van der Waals surface area contributed by atoms with Gasteiger partial charge in [0.15, 0.2) is 5.92 Å². The van der Waals surface area contributed by atoms with E-state index in [1.807, 2.05) is 0 Å². The van der Waals surface area contributed by atoms with Gasteiger partial charge < -0.3 is 10.2 Å². The van der Waals surface area contributed by atoms with E-state index in [1.165, 1.54) is 0 Å². The van der Waals surface area contributed by atoms with E-state index in [0.29, 0.717) is 16.7 Å². The molecule has 0 bridgehead atoms. The molecule has 0 amide bonds. The molecule has 0 atom stereocenters. The van der Waals surface area contributed by atoms with Crippen molar-refractivity contribution < 1.29 is 52.5 Å². The summed E-state index contributed by atoms with van der Waals surface area (Å²) in [5, 5.41) is 17.7. The van der Waals surface area contributed by atoms with E-state index in [1.54, 1.807) is 26.0 Å². The van der Waals surface area contributed by atoms with Gasteiger partial charge in [0.05, 0.1) is 0 Å². The molecule has 0 saturated carbocycles. The summed E-state index contributed by atoms with van der Waals surface area (Å²) in [6.07, 6.45) is 0. The van der Waals surface area contributed by atoms with Gasteiger partial charge in [-0.3, -0.25) is 9.59 Å². The Kier molecular flexibility index (Phi) is 5.83. The molecule has 83 valence electrons. The van der Waals surface area contributed by atoms with Crippen molar-refractivity contribution in [2.24, 2.45) is 0 Å². The first kappa shape index (κ1) is 15.3. The Balaban J connectivity index is 0.00000225. The standard InChI is InChI=1S/C11H11O4.Y/c1-6-4-3-5-7(2)8(6)9(10(12)13)11(14)15;/h4-5,9H,1-2H3,(H,12,13)(H,14,15);/q-1;. The first-order valence-corrected chi connectivity index (χ1v) is 4.38. The van der Waals surface area contributed by atoms with E-state index in [2.05, 4.69) is 6.07 Å². The molecule has 1 aromatic carbocycles. The van der Waals surface area contributed by atoms with E-state index < -0.39 is 17.9 Å². The molecule has 5 heteroatoms. The van der Waals surface area contributed by atoms with Crippen LogP contribution in [-0.4, -0.2) is 22.2 Å². The van der Waals surface area contributed by atoms with Gasteiger partial charge in [-0.1, -0.05) is 13.8 Å². The molecule has 0 aliphatic carbocycles. The maximum atomic E-state index is 10.9. The van der Waals surface area contributed by atoms with Crippen LogP contribution < -0.4 is 0 Å². The molecule has 0 spiro atoms. The minimum absolute atomic E-state index is 0. The summed E-state index contributed by atoms with van der Waals surface area (Å²) in [6, 6.07) is 5.99. The van der Waals surface area contributed by atoms with Crippen LogP contribution in [-0.2, 0) is 42.3 Å². The fourth-order valence-corrected chi connectivity index (χ4v) is 1.57. The van der Waals surface area contributed by atoms with Crippen LogP contribution in [0.4, 0.5) is 0 Å². The Morgan fingerprint density at radius 1 is 1.12 bits per heavy atom. The van der Waals surface area contributed by atoms with Crippen LogP contribution in [0.25, 0.3) is 0 Å². The molecule has 0 aromatic heterocycles. The van der Waals surface area contributed by atoms with Crippen LogP contribution >= 0.6 is 0 Å². The zero-order valence-corrected chi connectivity index (χ0v) is 11.9. The van der Waals surface area contributed by atoms with Crippen molar-refractivity contribution in [3.63, 3.8) is 0 Å². The number of hydrogen-bond donors (Lipinski definition) is 2. The third-order valence-electron chi connectivity index (χ3n) is 2.23. The van der Waals surface area contributed by atoms with Gasteiger partial charge in [-0.05, 0) is 0 Å². The fraction of sp³-hybridized carbons (Fsp3) is 0.273. The van der Waals surface area contributed by atoms with Gasteiger partial charge in [0, 0.05) is 32.7 Å². The number of benzene rings is 1. The number of carboxylic acids is 2. The minimum atomic E-state index is -1.50. The number of aryl methyl sites for hydroxylation is 2. The van der Waals surface area contributed by atoms with Crippen molar-refractivity contribution in [1.29, 1.82) is 0 Å². The molecule has 1 rings (SSSR count). The molecule has 0 aliphatic rings. The van der Waals surface area contributed by atoms with E-state index in [4.69, 9.17) is 10.2 Å². The number of rotatable bonds is 3. The molecule has 0 fully saturated rings. The predicted molar refractivity (Wildman–Crippen MR) is 52.8 cm³/mol. The average Bonchev–Trinajstić information content (AvgIpc) is 2.09. The van der Waals surface area contributed by atoms with E-state index in [-0.39, 0.29) is 32.7 Å². The van der Waals surface area contributed by atoms with Crippen LogP contribution in [0.15, 0.2) is 12.1 Å². The van der Waals surface area contributed by atoms with Crippen molar-refractivity contribution in [3.05, 3.63) is 34.9 Å². The van der Waals surface area contributed by atoms with Crippen molar-refractivity contribution in [3.8, 4) is 0 Å². The predicted octanol–water partition coefficient (Wildman–Crippen LogP) is 1.35. The van der Waals surface area contributed by atoms with Gasteiger partial charge in [-0.2, -0.15) is 29.3 Å². The topological polar surface area (TPSA) is 74.6 Å². The van der Waals surface area contributed by atoms with Crippen LogP contribution in [0.5, 0.6) is 0 Å². The van der Waals surface area contributed by atoms with Crippen molar-refractivity contribution >= 4 is 11.9 Å². The molecule has 0 aliphatic heterocycles. The van der Waals surface area contributed by atoms with E-state index in [0.717, 1.165) is 0 Å². The van der Waals surface area contributed by atoms with Gasteiger partial charge in [-0.25, -0.2) is 0 Å². The second-order valence-electron chi connectivity index (χ2n) is 3.34. The summed E-state index contributed by atoms with van der Waals surface area (Å²) in [7, 11) is 0. The van der Waals surface area contributed by atoms with Gasteiger partial charge in [0.25, 0.3) is 0 Å².